The van der Waals surface area contributed by atoms with E-state index in [0.717, 1.165) is 11.5 Å². The average molecular weight is 328 g/mol. The van der Waals surface area contributed by atoms with Crippen molar-refractivity contribution in [2.45, 2.75) is 11.5 Å². The smallest absolute Gasteiger partial charge is 0.151 e. The fourth-order valence-corrected chi connectivity index (χ4v) is 5.30. The molecule has 0 unspecified atom stereocenters. The average Bonchev–Trinajstić information content (AvgIpc) is 2.77. The molecular formula is C22H18NS+. The van der Waals surface area contributed by atoms with Crippen molar-refractivity contribution < 1.29 is 0 Å². The molecule has 4 aromatic carbocycles. The van der Waals surface area contributed by atoms with E-state index in [4.69, 9.17) is 5.14 Å². The van der Waals surface area contributed by atoms with Crippen molar-refractivity contribution in [3.05, 3.63) is 83.9 Å². The predicted molar refractivity (Wildman–Crippen MR) is 106 cm³/mol. The molecule has 1 heterocycles. The Morgan fingerprint density at radius 1 is 0.583 bits per heavy atom. The van der Waals surface area contributed by atoms with Crippen LogP contribution in [0, 0.1) is 0 Å². The highest BCUT2D eigenvalue weighted by molar-refractivity contribution is 7.93. The van der Waals surface area contributed by atoms with Crippen molar-refractivity contribution in [1.29, 1.82) is 0 Å². The highest BCUT2D eigenvalue weighted by Crippen LogP contribution is 2.42. The highest BCUT2D eigenvalue weighted by atomic mass is 32.2. The van der Waals surface area contributed by atoms with Crippen LogP contribution in [0.3, 0.4) is 0 Å². The summed E-state index contributed by atoms with van der Waals surface area (Å²) in [6.07, 6.45) is 0. The zero-order valence-corrected chi connectivity index (χ0v) is 14.1. The van der Waals surface area contributed by atoms with E-state index in [1.54, 1.807) is 0 Å². The maximum Gasteiger partial charge on any atom is 0.153 e. The van der Waals surface area contributed by atoms with Crippen LogP contribution in [0.2, 0.25) is 0 Å². The van der Waals surface area contributed by atoms with Gasteiger partial charge in [0.25, 0.3) is 0 Å². The van der Waals surface area contributed by atoms with Gasteiger partial charge in [-0.3, -0.25) is 0 Å². The lowest BCUT2D eigenvalue weighted by atomic mass is 9.88. The Morgan fingerprint density at radius 2 is 1.04 bits per heavy atom. The Hall–Kier alpha value is -2.29. The zero-order chi connectivity index (χ0) is 16.1. The number of fused-ring (bicyclic) bond motifs is 7. The lowest BCUT2D eigenvalue weighted by molar-refractivity contribution is 1.39. The number of nitrogens with two attached hydrogens (primary N) is 1. The fraction of sp³-hybridized carbons (Fsp3) is 0.0909. The Kier molecular flexibility index (Phi) is 3.15. The topological polar surface area (TPSA) is 26.0 Å². The van der Waals surface area contributed by atoms with Gasteiger partial charge in [0.05, 0.1) is 11.1 Å². The third kappa shape index (κ3) is 2.07. The van der Waals surface area contributed by atoms with Gasteiger partial charge in [-0.25, -0.2) is 0 Å². The van der Waals surface area contributed by atoms with Crippen LogP contribution in [0.4, 0.5) is 0 Å². The number of benzene rings is 4. The number of rotatable bonds is 0. The zero-order valence-electron chi connectivity index (χ0n) is 13.3. The van der Waals surface area contributed by atoms with E-state index in [0.29, 0.717) is 0 Å². The molecular weight excluding hydrogens is 310 g/mol. The van der Waals surface area contributed by atoms with Crippen LogP contribution < -0.4 is 5.14 Å². The van der Waals surface area contributed by atoms with E-state index in [-0.39, 0.29) is 11.1 Å². The van der Waals surface area contributed by atoms with Crippen LogP contribution in [0.25, 0.3) is 32.7 Å². The van der Waals surface area contributed by atoms with E-state index in [2.05, 4.69) is 72.8 Å². The van der Waals surface area contributed by atoms with E-state index < -0.39 is 0 Å². The van der Waals surface area contributed by atoms with Crippen molar-refractivity contribution in [3.8, 4) is 11.1 Å². The second-order valence-corrected chi connectivity index (χ2v) is 8.12. The molecule has 116 valence electrons. The van der Waals surface area contributed by atoms with Gasteiger partial charge in [-0.05, 0) is 32.7 Å². The van der Waals surface area contributed by atoms with Crippen LogP contribution in [0.15, 0.2) is 72.8 Å². The SMILES string of the molecule is N[S+]1Cc2ccc3ccccc3c2-c2c(ccc3ccccc23)C1. The molecule has 0 aliphatic carbocycles. The quantitative estimate of drug-likeness (QED) is 0.443. The summed E-state index contributed by atoms with van der Waals surface area (Å²) in [6, 6.07) is 26.4. The molecule has 5 rings (SSSR count). The molecule has 0 atom stereocenters. The summed E-state index contributed by atoms with van der Waals surface area (Å²) in [6.45, 7) is 0. The standard InChI is InChI=1S/C22H18NS/c23-24-13-17-11-9-15-5-1-3-7-19(15)21(17)22-18(14-24)12-10-16-6-2-4-8-20(16)22/h1-12H,13-14,23H2/q+1. The molecule has 1 nitrogen and oxygen atoms in total. The molecule has 0 saturated heterocycles. The van der Waals surface area contributed by atoms with Gasteiger partial charge in [0.15, 0.2) is 11.5 Å². The lowest BCUT2D eigenvalue weighted by Crippen LogP contribution is -2.17. The molecule has 0 spiro atoms. The maximum atomic E-state index is 6.48. The molecule has 2 N–H and O–H groups in total. The van der Waals surface area contributed by atoms with Gasteiger partial charge >= 0.3 is 0 Å². The van der Waals surface area contributed by atoms with Gasteiger partial charge in [0.1, 0.15) is 0 Å². The predicted octanol–water partition coefficient (Wildman–Crippen LogP) is 5.17. The molecule has 0 amide bonds. The van der Waals surface area contributed by atoms with Gasteiger partial charge in [0.2, 0.25) is 0 Å². The minimum absolute atomic E-state index is 0.116. The first-order chi connectivity index (χ1) is 11.8. The molecule has 24 heavy (non-hydrogen) atoms. The first kappa shape index (κ1) is 14.1. The Morgan fingerprint density at radius 3 is 1.54 bits per heavy atom. The largest absolute Gasteiger partial charge is 0.153 e. The highest BCUT2D eigenvalue weighted by Gasteiger charge is 2.27. The summed E-state index contributed by atoms with van der Waals surface area (Å²) in [5.41, 5.74) is 5.55. The van der Waals surface area contributed by atoms with Crippen molar-refractivity contribution in [2.75, 3.05) is 0 Å². The summed E-state index contributed by atoms with van der Waals surface area (Å²) in [5.74, 6) is 1.92. The molecule has 0 saturated carbocycles. The summed E-state index contributed by atoms with van der Waals surface area (Å²) in [5, 5.41) is 11.8. The van der Waals surface area contributed by atoms with Crippen molar-refractivity contribution in [1.82, 2.24) is 0 Å². The van der Waals surface area contributed by atoms with Crippen LogP contribution >= 0.6 is 0 Å². The molecule has 0 radical (unpaired) electrons. The minimum Gasteiger partial charge on any atom is -0.151 e. The number of hydrogen-bond donors (Lipinski definition) is 1. The molecule has 0 fully saturated rings. The minimum atomic E-state index is -0.116. The Balaban J connectivity index is 2.00. The van der Waals surface area contributed by atoms with Crippen LogP contribution in [0.5, 0.6) is 0 Å². The molecule has 0 aromatic heterocycles. The van der Waals surface area contributed by atoms with Crippen molar-refractivity contribution in [3.63, 3.8) is 0 Å². The summed E-state index contributed by atoms with van der Waals surface area (Å²) in [4.78, 5) is 0. The molecule has 2 heteroatoms. The van der Waals surface area contributed by atoms with Gasteiger partial charge in [-0.15, -0.1) is 0 Å². The van der Waals surface area contributed by atoms with Crippen LogP contribution in [0.1, 0.15) is 11.1 Å². The lowest BCUT2D eigenvalue weighted by Gasteiger charge is -2.14. The first-order valence-corrected chi connectivity index (χ1v) is 9.87. The van der Waals surface area contributed by atoms with E-state index in [9.17, 15) is 0 Å². The van der Waals surface area contributed by atoms with E-state index in [1.807, 2.05) is 0 Å². The fourth-order valence-electron chi connectivity index (χ4n) is 3.91. The van der Waals surface area contributed by atoms with Crippen molar-refractivity contribution >= 4 is 32.6 Å². The van der Waals surface area contributed by atoms with Gasteiger partial charge in [0, 0.05) is 11.1 Å². The Labute approximate surface area is 144 Å². The first-order valence-electron chi connectivity index (χ1n) is 8.25. The Bertz CT molecular complexity index is 996. The van der Waals surface area contributed by atoms with Crippen molar-refractivity contribution in [2.24, 2.45) is 5.14 Å². The van der Waals surface area contributed by atoms with E-state index >= 15 is 0 Å². The monoisotopic (exact) mass is 328 g/mol. The number of hydrogen-bond acceptors (Lipinski definition) is 1. The van der Waals surface area contributed by atoms with Gasteiger partial charge < -0.3 is 0 Å². The van der Waals surface area contributed by atoms with Crippen LogP contribution in [-0.4, -0.2) is 0 Å². The molecule has 4 aromatic rings. The molecule has 1 aliphatic heterocycles. The van der Waals surface area contributed by atoms with Crippen LogP contribution in [-0.2, 0) is 22.6 Å². The van der Waals surface area contributed by atoms with E-state index in [1.165, 1.54) is 43.8 Å². The molecule has 0 bridgehead atoms. The third-order valence-corrected chi connectivity index (χ3v) is 6.33. The van der Waals surface area contributed by atoms with Gasteiger partial charge in [-0.1, -0.05) is 72.8 Å². The maximum absolute atomic E-state index is 6.48. The summed E-state index contributed by atoms with van der Waals surface area (Å²) < 4.78 is 0. The third-order valence-electron chi connectivity index (χ3n) is 4.96. The second kappa shape index (κ2) is 5.37. The second-order valence-electron chi connectivity index (χ2n) is 6.47. The molecule has 1 aliphatic rings. The summed E-state index contributed by atoms with van der Waals surface area (Å²) in [7, 11) is 0. The summed E-state index contributed by atoms with van der Waals surface area (Å²) >= 11 is -0.116. The normalized spacial score (nSPS) is 14.4. The van der Waals surface area contributed by atoms with Gasteiger partial charge in [-0.2, -0.15) is 5.14 Å².